The standard InChI is InChI=1S/C20H33BN2O2/c1-5-15-7-16(22)23(13(15)3)18(25)17(24)20-8-12(2)6-14(10-20)9-19(4,21)11-20/h12-16H,5-11,22H2,1-4H3/t12?,13-,14?,15?,16-,19?,20?/m0/s1. The van der Waals surface area contributed by atoms with Crippen LogP contribution in [0.25, 0.3) is 0 Å². The third-order valence-electron chi connectivity index (χ3n) is 7.11. The topological polar surface area (TPSA) is 63.4 Å². The summed E-state index contributed by atoms with van der Waals surface area (Å²) in [5, 5.41) is -0.357. The molecule has 1 saturated heterocycles. The van der Waals surface area contributed by atoms with Crippen molar-refractivity contribution in [1.29, 1.82) is 0 Å². The minimum atomic E-state index is -0.578. The number of hydrogen-bond acceptors (Lipinski definition) is 3. The van der Waals surface area contributed by atoms with E-state index in [1.54, 1.807) is 4.90 Å². The van der Waals surface area contributed by atoms with E-state index in [-0.39, 0.29) is 29.2 Å². The molecule has 4 nitrogen and oxygen atoms in total. The maximum absolute atomic E-state index is 13.4. The van der Waals surface area contributed by atoms with Crippen LogP contribution >= 0.6 is 0 Å². The number of hydrogen-bond donors (Lipinski definition) is 1. The van der Waals surface area contributed by atoms with E-state index < -0.39 is 5.41 Å². The summed E-state index contributed by atoms with van der Waals surface area (Å²) in [7, 11) is 6.49. The van der Waals surface area contributed by atoms with Crippen molar-refractivity contribution in [2.24, 2.45) is 28.9 Å². The Labute approximate surface area is 153 Å². The van der Waals surface area contributed by atoms with Crippen molar-refractivity contribution in [3.05, 3.63) is 0 Å². The minimum absolute atomic E-state index is 0.0394. The molecule has 5 unspecified atom stereocenters. The lowest BCUT2D eigenvalue weighted by Gasteiger charge is -2.53. The molecule has 5 heteroatoms. The molecule has 0 spiro atoms. The van der Waals surface area contributed by atoms with Crippen molar-refractivity contribution < 1.29 is 9.59 Å². The third kappa shape index (κ3) is 3.29. The summed E-state index contributed by atoms with van der Waals surface area (Å²) in [6.07, 6.45) is 5.75. The number of rotatable bonds is 3. The lowest BCUT2D eigenvalue weighted by Crippen LogP contribution is -2.55. The lowest BCUT2D eigenvalue weighted by atomic mass is 9.46. The van der Waals surface area contributed by atoms with Gasteiger partial charge in [0.05, 0.1) is 14.0 Å². The van der Waals surface area contributed by atoms with E-state index in [2.05, 4.69) is 13.8 Å². The van der Waals surface area contributed by atoms with Crippen molar-refractivity contribution in [3.8, 4) is 0 Å². The van der Waals surface area contributed by atoms with Gasteiger partial charge in [-0.15, -0.1) is 0 Å². The molecule has 25 heavy (non-hydrogen) atoms. The van der Waals surface area contributed by atoms with Gasteiger partial charge in [0.15, 0.2) is 0 Å². The predicted octanol–water partition coefficient (Wildman–Crippen LogP) is 3.05. The van der Waals surface area contributed by atoms with Crippen molar-refractivity contribution in [2.75, 3.05) is 0 Å². The van der Waals surface area contributed by atoms with Crippen LogP contribution < -0.4 is 5.73 Å². The summed E-state index contributed by atoms with van der Waals surface area (Å²) in [6.45, 7) is 8.40. The number of carbonyl (C=O) groups is 2. The average molecular weight is 344 g/mol. The van der Waals surface area contributed by atoms with Gasteiger partial charge in [-0.3, -0.25) is 9.59 Å². The van der Waals surface area contributed by atoms with E-state index in [9.17, 15) is 9.59 Å². The largest absolute Gasteiger partial charge is 0.318 e. The number of likely N-dealkylation sites (tertiary alicyclic amines) is 1. The van der Waals surface area contributed by atoms with Crippen molar-refractivity contribution >= 4 is 19.5 Å². The van der Waals surface area contributed by atoms with Crippen LogP contribution in [0.3, 0.4) is 0 Å². The third-order valence-corrected chi connectivity index (χ3v) is 7.11. The Hall–Kier alpha value is -0.835. The Kier molecular flexibility index (Phi) is 4.85. The van der Waals surface area contributed by atoms with Crippen LogP contribution in [0.15, 0.2) is 0 Å². The van der Waals surface area contributed by atoms with Crippen LogP contribution in [-0.4, -0.2) is 36.6 Å². The van der Waals surface area contributed by atoms with Crippen LogP contribution in [-0.2, 0) is 9.59 Å². The molecule has 2 aliphatic carbocycles. The van der Waals surface area contributed by atoms with Gasteiger partial charge in [0.25, 0.3) is 5.91 Å². The molecule has 2 N–H and O–H groups in total. The molecule has 7 atom stereocenters. The van der Waals surface area contributed by atoms with E-state index in [0.29, 0.717) is 24.2 Å². The summed E-state index contributed by atoms with van der Waals surface area (Å²) >= 11 is 0. The molecular formula is C20H33BN2O2. The molecule has 1 amide bonds. The maximum atomic E-state index is 13.4. The number of fused-ring (bicyclic) bond motifs is 2. The highest BCUT2D eigenvalue weighted by molar-refractivity contribution is 6.38. The summed E-state index contributed by atoms with van der Waals surface area (Å²) < 4.78 is 0. The Morgan fingerprint density at radius 2 is 1.88 bits per heavy atom. The molecule has 3 aliphatic rings. The molecular weight excluding hydrogens is 311 g/mol. The van der Waals surface area contributed by atoms with Crippen LogP contribution in [0.2, 0.25) is 5.31 Å². The molecule has 2 radical (unpaired) electrons. The van der Waals surface area contributed by atoms with Crippen LogP contribution in [0.5, 0.6) is 0 Å². The summed E-state index contributed by atoms with van der Waals surface area (Å²) in [5.74, 6) is 0.728. The molecule has 1 aliphatic heterocycles. The quantitative estimate of drug-likeness (QED) is 0.632. The van der Waals surface area contributed by atoms with Gasteiger partial charge in [0, 0.05) is 11.5 Å². The zero-order valence-electron chi connectivity index (χ0n) is 16.3. The second-order valence-electron chi connectivity index (χ2n) is 9.68. The molecule has 1 heterocycles. The van der Waals surface area contributed by atoms with Gasteiger partial charge in [-0.05, 0) is 56.8 Å². The fourth-order valence-electron chi connectivity index (χ4n) is 6.45. The number of amides is 1. The first-order chi connectivity index (χ1) is 11.6. The number of ketones is 1. The average Bonchev–Trinajstić information content (AvgIpc) is 2.77. The highest BCUT2D eigenvalue weighted by Gasteiger charge is 2.55. The Morgan fingerprint density at radius 3 is 2.48 bits per heavy atom. The van der Waals surface area contributed by atoms with Gasteiger partial charge in [-0.1, -0.05) is 38.9 Å². The van der Waals surface area contributed by atoms with E-state index in [1.165, 1.54) is 0 Å². The normalized spacial score (nSPS) is 46.9. The maximum Gasteiger partial charge on any atom is 0.292 e. The van der Waals surface area contributed by atoms with Gasteiger partial charge in [-0.2, -0.15) is 0 Å². The zero-order chi connectivity index (χ0) is 18.6. The van der Waals surface area contributed by atoms with Crippen molar-refractivity contribution in [1.82, 2.24) is 4.90 Å². The van der Waals surface area contributed by atoms with Gasteiger partial charge in [0.1, 0.15) is 0 Å². The van der Waals surface area contributed by atoms with Crippen LogP contribution in [0.4, 0.5) is 0 Å². The Bertz CT molecular complexity index is 560. The van der Waals surface area contributed by atoms with Gasteiger partial charge < -0.3 is 10.6 Å². The smallest absolute Gasteiger partial charge is 0.292 e. The number of nitrogens with zero attached hydrogens (tertiary/aromatic N) is 1. The molecule has 0 aromatic carbocycles. The highest BCUT2D eigenvalue weighted by atomic mass is 16.2. The monoisotopic (exact) mass is 344 g/mol. The number of nitrogens with two attached hydrogens (primary N) is 1. The Balaban J connectivity index is 1.86. The molecule has 0 aromatic rings. The number of Topliss-reactive ketones (excluding diaryl/α,β-unsaturated/α-hetero) is 1. The predicted molar refractivity (Wildman–Crippen MR) is 100.0 cm³/mol. The first kappa shape index (κ1) is 18.9. The van der Waals surface area contributed by atoms with Crippen LogP contribution in [0.1, 0.15) is 72.6 Å². The fourth-order valence-corrected chi connectivity index (χ4v) is 6.45. The molecule has 2 bridgehead atoms. The lowest BCUT2D eigenvalue weighted by molar-refractivity contribution is -0.156. The van der Waals surface area contributed by atoms with Crippen LogP contribution in [0, 0.1) is 23.2 Å². The van der Waals surface area contributed by atoms with E-state index in [0.717, 1.165) is 38.5 Å². The molecule has 2 saturated carbocycles. The zero-order valence-corrected chi connectivity index (χ0v) is 16.3. The molecule has 0 aromatic heterocycles. The first-order valence-corrected chi connectivity index (χ1v) is 10.00. The van der Waals surface area contributed by atoms with Crippen molar-refractivity contribution in [3.63, 3.8) is 0 Å². The highest BCUT2D eigenvalue weighted by Crippen LogP contribution is 2.59. The number of carbonyl (C=O) groups excluding carboxylic acids is 2. The van der Waals surface area contributed by atoms with E-state index >= 15 is 0 Å². The summed E-state index contributed by atoms with van der Waals surface area (Å²) in [4.78, 5) is 28.3. The second-order valence-corrected chi connectivity index (χ2v) is 9.68. The second kappa shape index (κ2) is 6.40. The summed E-state index contributed by atoms with van der Waals surface area (Å²) in [6, 6.07) is 0.0394. The van der Waals surface area contributed by atoms with Gasteiger partial charge >= 0.3 is 0 Å². The van der Waals surface area contributed by atoms with Gasteiger partial charge in [-0.25, -0.2) is 0 Å². The fraction of sp³-hybridized carbons (Fsp3) is 0.900. The SMILES string of the molecule is [B]C1(C)CC2CC(C)CC(C(=O)C(=O)N3[C@H](N)CC(CC)[C@@H]3C)(C2)C1. The minimum Gasteiger partial charge on any atom is -0.318 e. The van der Waals surface area contributed by atoms with E-state index in [4.69, 9.17) is 13.6 Å². The first-order valence-electron chi connectivity index (χ1n) is 10.00. The molecule has 3 fully saturated rings. The summed E-state index contributed by atoms with van der Waals surface area (Å²) in [5.41, 5.74) is 5.66. The van der Waals surface area contributed by atoms with Crippen molar-refractivity contribution in [2.45, 2.75) is 90.2 Å². The van der Waals surface area contributed by atoms with E-state index in [1.807, 2.05) is 13.8 Å². The van der Waals surface area contributed by atoms with Gasteiger partial charge in [0.2, 0.25) is 5.78 Å². The molecule has 3 rings (SSSR count). The Morgan fingerprint density at radius 1 is 1.20 bits per heavy atom. The molecule has 138 valence electrons.